The zero-order chi connectivity index (χ0) is 26.0. The fourth-order valence-electron chi connectivity index (χ4n) is 5.21. The maximum atomic E-state index is 11.5. The molecular weight excluding hydrogens is 533 g/mol. The Bertz CT molecular complexity index is 1270. The number of hydrogen-bond acceptors (Lipinski definition) is 4. The first kappa shape index (κ1) is 26.2. The molecule has 0 radical (unpaired) electrons. The average molecular weight is 570 g/mol. The van der Waals surface area contributed by atoms with Crippen molar-refractivity contribution in [2.75, 3.05) is 29.5 Å². The number of ether oxygens (including phenoxy) is 1. The summed E-state index contributed by atoms with van der Waals surface area (Å²) < 4.78 is 9.51. The molecule has 0 aromatic heterocycles. The number of carbonyl (C=O) groups excluding carboxylic acids is 1. The molecule has 3 aromatic rings. The Morgan fingerprint density at radius 2 is 1.31 bits per heavy atom. The fourth-order valence-corrected chi connectivity index (χ4v) is 7.44. The van der Waals surface area contributed by atoms with Crippen molar-refractivity contribution in [3.05, 3.63) is 87.5 Å². The van der Waals surface area contributed by atoms with E-state index in [1.165, 1.54) is 49.1 Å². The molecule has 0 atom stereocenters. The van der Waals surface area contributed by atoms with Crippen LogP contribution in [0.1, 0.15) is 45.9 Å². The minimum absolute atomic E-state index is 0.0240. The third kappa shape index (κ3) is 5.57. The minimum atomic E-state index is -0.290. The monoisotopic (exact) mass is 570 g/mol. The molecule has 0 unspecified atom stereocenters. The number of Topliss-reactive ketones (excluding diaryl/α,β-unsaturated/α-hetero) is 1. The van der Waals surface area contributed by atoms with Gasteiger partial charge >= 0.3 is 223 Å². The van der Waals surface area contributed by atoms with E-state index in [1.54, 1.807) is 6.92 Å². The first-order valence-corrected chi connectivity index (χ1v) is 14.3. The Morgan fingerprint density at radius 1 is 0.833 bits per heavy atom. The number of rotatable bonds is 6. The van der Waals surface area contributed by atoms with Crippen molar-refractivity contribution < 1.29 is 25.8 Å². The molecule has 1 aliphatic rings. The van der Waals surface area contributed by atoms with Crippen molar-refractivity contribution in [2.45, 2.75) is 48.5 Å². The van der Waals surface area contributed by atoms with Crippen LogP contribution in [0.5, 0.6) is 5.75 Å². The van der Waals surface area contributed by atoms with E-state index in [0.29, 0.717) is 0 Å². The molecule has 4 rings (SSSR count). The summed E-state index contributed by atoms with van der Waals surface area (Å²) in [4.78, 5) is 16.6. The number of anilines is 2. The SMILES string of the molecule is CC(=O)COc1ccccc1[CH]=[Ru]=[C]1N(c2c(C)cc(C)cc2C)CCN1c1c(C)cc(C)cc1C. The summed E-state index contributed by atoms with van der Waals surface area (Å²) in [6.07, 6.45) is 0. The van der Waals surface area contributed by atoms with Crippen molar-refractivity contribution in [1.82, 2.24) is 0 Å². The van der Waals surface area contributed by atoms with Gasteiger partial charge in [-0.25, -0.2) is 0 Å². The summed E-state index contributed by atoms with van der Waals surface area (Å²) >= 11 is -0.290. The Kier molecular flexibility index (Phi) is 8.00. The molecule has 36 heavy (non-hydrogen) atoms. The van der Waals surface area contributed by atoms with Crippen LogP contribution in [0.3, 0.4) is 0 Å². The number of ketones is 1. The molecule has 0 amide bonds. The van der Waals surface area contributed by atoms with E-state index in [4.69, 9.17) is 4.74 Å². The van der Waals surface area contributed by atoms with E-state index < -0.39 is 0 Å². The van der Waals surface area contributed by atoms with E-state index >= 15 is 0 Å². The molecule has 1 aliphatic heterocycles. The molecule has 3 aromatic carbocycles. The van der Waals surface area contributed by atoms with Crippen molar-refractivity contribution in [1.29, 1.82) is 0 Å². The quantitative estimate of drug-likeness (QED) is 0.349. The topological polar surface area (TPSA) is 32.8 Å². The van der Waals surface area contributed by atoms with Gasteiger partial charge in [0.05, 0.1) is 0 Å². The molecule has 4 nitrogen and oxygen atoms in total. The Hall–Kier alpha value is -2.91. The van der Waals surface area contributed by atoms with Crippen LogP contribution >= 0.6 is 0 Å². The van der Waals surface area contributed by atoms with E-state index in [1.807, 2.05) is 18.2 Å². The van der Waals surface area contributed by atoms with E-state index in [9.17, 15) is 4.79 Å². The van der Waals surface area contributed by atoms with Crippen LogP contribution in [-0.4, -0.2) is 34.4 Å². The van der Waals surface area contributed by atoms with Gasteiger partial charge in [0.25, 0.3) is 0 Å². The van der Waals surface area contributed by atoms with Gasteiger partial charge in [0.15, 0.2) is 0 Å². The Morgan fingerprint density at radius 3 is 1.78 bits per heavy atom. The van der Waals surface area contributed by atoms with Crippen LogP contribution < -0.4 is 14.5 Å². The summed E-state index contributed by atoms with van der Waals surface area (Å²) in [6, 6.07) is 17.2. The Labute approximate surface area is 222 Å². The van der Waals surface area contributed by atoms with E-state index in [0.717, 1.165) is 24.4 Å². The molecule has 1 saturated heterocycles. The average Bonchev–Trinajstić information content (AvgIpc) is 3.18. The van der Waals surface area contributed by atoms with Crippen molar-refractivity contribution in [3.8, 4) is 5.75 Å². The van der Waals surface area contributed by atoms with Crippen LogP contribution in [0, 0.1) is 41.5 Å². The molecule has 0 spiro atoms. The summed E-state index contributed by atoms with van der Waals surface area (Å²) in [5.41, 5.74) is 11.6. The first-order valence-electron chi connectivity index (χ1n) is 12.4. The molecule has 5 heteroatoms. The summed E-state index contributed by atoms with van der Waals surface area (Å²) in [5, 5.41) is 0. The number of hydrogen-bond donors (Lipinski definition) is 0. The van der Waals surface area contributed by atoms with Gasteiger partial charge in [-0.3, -0.25) is 0 Å². The second-order valence-corrected chi connectivity index (χ2v) is 11.6. The van der Waals surface area contributed by atoms with Gasteiger partial charge in [-0.2, -0.15) is 0 Å². The second-order valence-electron chi connectivity index (χ2n) is 9.79. The molecule has 0 bridgehead atoms. The maximum absolute atomic E-state index is 11.5. The first-order chi connectivity index (χ1) is 17.2. The number of para-hydroxylation sites is 1. The van der Waals surface area contributed by atoms with Crippen LogP contribution in [0.4, 0.5) is 11.4 Å². The molecule has 0 aliphatic carbocycles. The molecule has 0 N–H and O–H groups in total. The van der Waals surface area contributed by atoms with Crippen molar-refractivity contribution in [2.24, 2.45) is 0 Å². The zero-order valence-corrected chi connectivity index (χ0v) is 24.1. The van der Waals surface area contributed by atoms with Gasteiger partial charge < -0.3 is 0 Å². The van der Waals surface area contributed by atoms with Gasteiger partial charge in [0, 0.05) is 0 Å². The third-order valence-electron chi connectivity index (χ3n) is 6.39. The number of nitrogens with zero attached hydrogens (tertiary/aromatic N) is 2. The zero-order valence-electron chi connectivity index (χ0n) is 22.4. The van der Waals surface area contributed by atoms with Gasteiger partial charge in [-0.1, -0.05) is 0 Å². The normalized spacial score (nSPS) is 13.4. The number of benzene rings is 3. The summed E-state index contributed by atoms with van der Waals surface area (Å²) in [7, 11) is 0. The third-order valence-corrected chi connectivity index (χ3v) is 8.57. The second kappa shape index (κ2) is 11.0. The summed E-state index contributed by atoms with van der Waals surface area (Å²) in [5.74, 6) is 0.792. The van der Waals surface area contributed by atoms with Gasteiger partial charge in [0.1, 0.15) is 0 Å². The van der Waals surface area contributed by atoms with Gasteiger partial charge in [0.2, 0.25) is 0 Å². The predicted molar refractivity (Wildman–Crippen MR) is 149 cm³/mol. The van der Waals surface area contributed by atoms with E-state index in [-0.39, 0.29) is 28.6 Å². The van der Waals surface area contributed by atoms with Crippen molar-refractivity contribution in [3.63, 3.8) is 0 Å². The van der Waals surface area contributed by atoms with Crippen molar-refractivity contribution >= 4 is 26.1 Å². The number of carbonyl (C=O) groups is 1. The van der Waals surface area contributed by atoms with Gasteiger partial charge in [-0.15, -0.1) is 0 Å². The molecule has 0 saturated carbocycles. The standard InChI is InChI=1S/C21H26N2.C10H10O2.Ru/c1-14-9-16(3)20(17(4)10-14)22-7-8-23(13-22)21-18(5)11-15(2)12-19(21)6;1-8-5-3-4-6-10(8)12-7-9(2)11;/h9-12H,7-8H2,1-6H3;1,3-6H,7H2,2H3;. The van der Waals surface area contributed by atoms with Crippen LogP contribution in [0.2, 0.25) is 0 Å². The summed E-state index contributed by atoms with van der Waals surface area (Å²) in [6.45, 7) is 16.8. The van der Waals surface area contributed by atoms with E-state index in [2.05, 4.69) is 86.3 Å². The molecular formula is C31H36N2O2Ru. The van der Waals surface area contributed by atoms with Crippen LogP contribution in [-0.2, 0) is 21.0 Å². The fraction of sp³-hybridized carbons (Fsp3) is 0.323. The number of aryl methyl sites for hydroxylation is 6. The van der Waals surface area contributed by atoms with Crippen LogP contribution in [0.25, 0.3) is 0 Å². The predicted octanol–water partition coefficient (Wildman–Crippen LogP) is 5.85. The molecule has 190 valence electrons. The van der Waals surface area contributed by atoms with Crippen LogP contribution in [0.15, 0.2) is 48.5 Å². The molecule has 1 fully saturated rings. The molecule has 1 heterocycles. The Balaban J connectivity index is 1.88. The van der Waals surface area contributed by atoms with Gasteiger partial charge in [-0.05, 0) is 0 Å².